The molecule has 0 fully saturated rings. The topological polar surface area (TPSA) is 56.0 Å². The molecule has 6 aromatic rings. The minimum absolute atomic E-state index is 0.0329. The average Bonchev–Trinajstić information content (AvgIpc) is 3.54. The van der Waals surface area contributed by atoms with Gasteiger partial charge in [0.1, 0.15) is 5.01 Å². The lowest BCUT2D eigenvalue weighted by Crippen LogP contribution is -2.26. The maximum Gasteiger partial charge on any atom is 0.160 e. The van der Waals surface area contributed by atoms with E-state index < -0.39 is 0 Å². The smallest absolute Gasteiger partial charge is 0.160 e. The summed E-state index contributed by atoms with van der Waals surface area (Å²) in [7, 11) is 0. The van der Waals surface area contributed by atoms with Crippen LogP contribution in [-0.2, 0) is 0 Å². The Bertz CT molecular complexity index is 1700. The van der Waals surface area contributed by atoms with Crippen LogP contribution < -0.4 is 0 Å². The van der Waals surface area contributed by atoms with Gasteiger partial charge in [-0.25, -0.2) is 14.7 Å². The minimum atomic E-state index is -0.0800. The van der Waals surface area contributed by atoms with Crippen molar-refractivity contribution in [3.8, 4) is 5.69 Å². The van der Waals surface area contributed by atoms with Crippen LogP contribution in [0.2, 0.25) is 0 Å². The molecule has 0 aliphatic carbocycles. The molecule has 2 atom stereocenters. The van der Waals surface area contributed by atoms with E-state index in [0.717, 1.165) is 50.1 Å². The number of rotatable bonds is 4. The fraction of sp³-hybridized carbons (Fsp3) is 0.0968. The lowest BCUT2D eigenvalue weighted by atomic mass is 9.75. The van der Waals surface area contributed by atoms with Crippen molar-refractivity contribution in [3.05, 3.63) is 137 Å². The van der Waals surface area contributed by atoms with Gasteiger partial charge in [-0.05, 0) is 48.4 Å². The molecule has 37 heavy (non-hydrogen) atoms. The maximum atomic E-state index is 5.38. The Morgan fingerprint density at radius 3 is 2.30 bits per heavy atom. The Morgan fingerprint density at radius 1 is 0.784 bits per heavy atom. The molecule has 178 valence electrons. The quantitative estimate of drug-likeness (QED) is 0.258. The van der Waals surface area contributed by atoms with Gasteiger partial charge in [-0.1, -0.05) is 66.7 Å². The van der Waals surface area contributed by atoms with Crippen LogP contribution in [0.3, 0.4) is 0 Å². The summed E-state index contributed by atoms with van der Waals surface area (Å²) in [4.78, 5) is 15.0. The molecule has 1 aliphatic rings. The molecule has 0 spiro atoms. The Balaban J connectivity index is 1.55. The number of para-hydroxylation sites is 2. The Morgan fingerprint density at radius 2 is 1.54 bits per heavy atom. The highest BCUT2D eigenvalue weighted by Gasteiger charge is 2.41. The molecule has 1 aliphatic heterocycles. The zero-order chi connectivity index (χ0) is 24.8. The molecular weight excluding hydrogens is 474 g/mol. The first-order valence-electron chi connectivity index (χ1n) is 12.3. The highest BCUT2D eigenvalue weighted by molar-refractivity contribution is 7.18. The minimum Gasteiger partial charge on any atom is -0.264 e. The van der Waals surface area contributed by atoms with Crippen molar-refractivity contribution in [2.75, 3.05) is 0 Å². The average molecular weight is 498 g/mol. The number of thiazole rings is 1. The zero-order valence-electron chi connectivity index (χ0n) is 20.2. The summed E-state index contributed by atoms with van der Waals surface area (Å²) in [6.07, 6.45) is 3.80. The molecule has 0 amide bonds. The van der Waals surface area contributed by atoms with Crippen molar-refractivity contribution in [3.63, 3.8) is 0 Å². The van der Waals surface area contributed by atoms with E-state index in [9.17, 15) is 0 Å². The third-order valence-electron chi connectivity index (χ3n) is 6.94. The number of fused-ring (bicyclic) bond motifs is 2. The number of benzene rings is 3. The summed E-state index contributed by atoms with van der Waals surface area (Å²) in [5.74, 6) is 0.756. The van der Waals surface area contributed by atoms with Crippen molar-refractivity contribution in [2.45, 2.75) is 18.8 Å². The SMILES string of the molecule is Cc1nn(-c2ccccc2)c2c1C(c1cccnc1)C(c1nc3ccccc3s1)C(c1ccccc1)=N2. The molecule has 0 saturated heterocycles. The van der Waals surface area contributed by atoms with E-state index in [-0.39, 0.29) is 11.8 Å². The molecule has 4 heterocycles. The standard InChI is InChI=1S/C31H23N5S/c1-20-26-27(22-13-10-18-32-19-22)28(31-33-24-16-8-9-17-25(24)37-31)29(21-11-4-2-5-12-21)34-30(26)36(35-20)23-14-6-3-7-15-23/h2-19,27-28H,1H3. The number of nitrogens with zero attached hydrogens (tertiary/aromatic N) is 5. The summed E-state index contributed by atoms with van der Waals surface area (Å²) in [5, 5.41) is 6.06. The number of hydrogen-bond acceptors (Lipinski definition) is 5. The highest BCUT2D eigenvalue weighted by atomic mass is 32.1. The fourth-order valence-electron chi connectivity index (χ4n) is 5.31. The maximum absolute atomic E-state index is 5.38. The molecule has 0 bridgehead atoms. The Kier molecular flexibility index (Phi) is 5.26. The van der Waals surface area contributed by atoms with E-state index in [1.54, 1.807) is 11.3 Å². The normalized spacial score (nSPS) is 16.9. The van der Waals surface area contributed by atoms with Crippen molar-refractivity contribution >= 4 is 33.1 Å². The molecule has 0 saturated carbocycles. The summed E-state index contributed by atoms with van der Waals surface area (Å²) in [5.41, 5.74) is 7.32. The van der Waals surface area contributed by atoms with Crippen molar-refractivity contribution < 1.29 is 0 Å². The van der Waals surface area contributed by atoms with Crippen LogP contribution in [0, 0.1) is 6.92 Å². The number of aliphatic imine (C=N–C) groups is 1. The zero-order valence-corrected chi connectivity index (χ0v) is 21.0. The summed E-state index contributed by atoms with van der Waals surface area (Å²) < 4.78 is 3.16. The van der Waals surface area contributed by atoms with Gasteiger partial charge in [0.15, 0.2) is 5.82 Å². The Hall–Kier alpha value is -4.42. The monoisotopic (exact) mass is 497 g/mol. The highest BCUT2D eigenvalue weighted by Crippen LogP contribution is 2.50. The van der Waals surface area contributed by atoms with Gasteiger partial charge in [0.25, 0.3) is 0 Å². The van der Waals surface area contributed by atoms with Crippen LogP contribution in [0.1, 0.15) is 39.2 Å². The number of hydrogen-bond donors (Lipinski definition) is 0. The van der Waals surface area contributed by atoms with Crippen LogP contribution in [0.15, 0.2) is 114 Å². The van der Waals surface area contributed by atoms with E-state index in [2.05, 4.69) is 72.6 Å². The molecule has 3 aromatic carbocycles. The van der Waals surface area contributed by atoms with E-state index >= 15 is 0 Å². The van der Waals surface area contributed by atoms with Gasteiger partial charge in [-0.3, -0.25) is 4.98 Å². The second-order valence-corrected chi connectivity index (χ2v) is 10.3. The first kappa shape index (κ1) is 21.8. The van der Waals surface area contributed by atoms with Crippen molar-refractivity contribution in [1.82, 2.24) is 19.7 Å². The fourth-order valence-corrected chi connectivity index (χ4v) is 6.42. The van der Waals surface area contributed by atoms with E-state index in [1.807, 2.05) is 53.5 Å². The van der Waals surface area contributed by atoms with Crippen molar-refractivity contribution in [2.24, 2.45) is 4.99 Å². The molecule has 0 N–H and O–H groups in total. The van der Waals surface area contributed by atoms with Gasteiger partial charge in [-0.15, -0.1) is 11.3 Å². The summed E-state index contributed by atoms with van der Waals surface area (Å²) in [6, 6.07) is 33.2. The molecule has 0 radical (unpaired) electrons. The Labute approximate surface area is 218 Å². The first-order valence-corrected chi connectivity index (χ1v) is 13.1. The predicted molar refractivity (Wildman–Crippen MR) is 149 cm³/mol. The van der Waals surface area contributed by atoms with E-state index in [1.165, 1.54) is 4.70 Å². The van der Waals surface area contributed by atoms with Crippen LogP contribution in [-0.4, -0.2) is 25.5 Å². The first-order chi connectivity index (χ1) is 18.3. The second-order valence-electron chi connectivity index (χ2n) is 9.19. The van der Waals surface area contributed by atoms with Gasteiger partial charge in [-0.2, -0.15) is 5.10 Å². The molecule has 7 rings (SSSR count). The molecule has 3 aromatic heterocycles. The largest absolute Gasteiger partial charge is 0.264 e. The third-order valence-corrected chi connectivity index (χ3v) is 8.06. The van der Waals surface area contributed by atoms with Gasteiger partial charge < -0.3 is 0 Å². The van der Waals surface area contributed by atoms with Crippen molar-refractivity contribution in [1.29, 1.82) is 0 Å². The third kappa shape index (κ3) is 3.69. The molecule has 2 unspecified atom stereocenters. The lowest BCUT2D eigenvalue weighted by Gasteiger charge is -2.31. The predicted octanol–water partition coefficient (Wildman–Crippen LogP) is 7.24. The van der Waals surface area contributed by atoms with E-state index in [0.29, 0.717) is 0 Å². The van der Waals surface area contributed by atoms with Gasteiger partial charge in [0.2, 0.25) is 0 Å². The summed E-state index contributed by atoms with van der Waals surface area (Å²) in [6.45, 7) is 2.08. The van der Waals surface area contributed by atoms with Crippen LogP contribution in [0.4, 0.5) is 5.82 Å². The van der Waals surface area contributed by atoms with Gasteiger partial charge >= 0.3 is 0 Å². The van der Waals surface area contributed by atoms with Crippen LogP contribution in [0.25, 0.3) is 15.9 Å². The summed E-state index contributed by atoms with van der Waals surface area (Å²) >= 11 is 1.74. The second kappa shape index (κ2) is 8.91. The number of aromatic nitrogens is 4. The van der Waals surface area contributed by atoms with Crippen LogP contribution >= 0.6 is 11.3 Å². The van der Waals surface area contributed by atoms with Gasteiger partial charge in [0.05, 0.1) is 33.2 Å². The van der Waals surface area contributed by atoms with Gasteiger partial charge in [0, 0.05) is 23.9 Å². The molecular formula is C31H23N5S. The van der Waals surface area contributed by atoms with Crippen LogP contribution in [0.5, 0.6) is 0 Å². The number of pyridine rings is 1. The molecule has 6 heteroatoms. The van der Waals surface area contributed by atoms with E-state index in [4.69, 9.17) is 15.1 Å². The lowest BCUT2D eigenvalue weighted by molar-refractivity contribution is 0.721. The number of aryl methyl sites for hydroxylation is 1. The molecule has 5 nitrogen and oxygen atoms in total.